The van der Waals surface area contributed by atoms with E-state index in [0.717, 1.165) is 0 Å². The van der Waals surface area contributed by atoms with Crippen molar-refractivity contribution in [3.8, 4) is 5.75 Å². The summed E-state index contributed by atoms with van der Waals surface area (Å²) in [7, 11) is 0. The van der Waals surface area contributed by atoms with Gasteiger partial charge in [-0.3, -0.25) is 14.4 Å². The molecule has 1 aromatic rings. The number of amides is 3. The maximum atomic E-state index is 12.7. The van der Waals surface area contributed by atoms with Gasteiger partial charge in [0.05, 0.1) is 5.56 Å². The number of para-hydroxylation sites is 1. The first-order chi connectivity index (χ1) is 12.6. The van der Waals surface area contributed by atoms with Gasteiger partial charge >= 0.3 is 0 Å². The molecule has 2 heterocycles. The lowest BCUT2D eigenvalue weighted by Crippen LogP contribution is -2.57. The summed E-state index contributed by atoms with van der Waals surface area (Å²) in [5.74, 6) is 0.0304. The number of hydrogen-bond donors (Lipinski definition) is 2. The van der Waals surface area contributed by atoms with Gasteiger partial charge < -0.3 is 20.3 Å². The molecule has 7 heteroatoms. The Bertz CT molecular complexity index is 771. The fourth-order valence-electron chi connectivity index (χ4n) is 3.51. The summed E-state index contributed by atoms with van der Waals surface area (Å²) in [4.78, 5) is 39.2. The zero-order chi connectivity index (χ0) is 19.8. The first-order valence-corrected chi connectivity index (χ1v) is 9.32. The summed E-state index contributed by atoms with van der Waals surface area (Å²) < 4.78 is 6.12. The first kappa shape index (κ1) is 19.2. The number of ether oxygens (including phenoxy) is 1. The molecule has 0 bridgehead atoms. The van der Waals surface area contributed by atoms with Gasteiger partial charge in [0.25, 0.3) is 5.91 Å². The first-order valence-electron chi connectivity index (χ1n) is 9.32. The molecule has 2 aliphatic heterocycles. The van der Waals surface area contributed by atoms with Gasteiger partial charge in [-0.2, -0.15) is 0 Å². The Balaban J connectivity index is 1.76. The number of carbonyl (C=O) groups excluding carboxylic acids is 3. The zero-order valence-corrected chi connectivity index (χ0v) is 16.3. The van der Waals surface area contributed by atoms with Gasteiger partial charge in [-0.25, -0.2) is 0 Å². The SMILES string of the molecule is C[C@H](C(=O)NC(C)(C)C)N1CC[C@@]2(CCC1=O)NC(=O)c1ccccc1O2. The van der Waals surface area contributed by atoms with E-state index < -0.39 is 11.8 Å². The van der Waals surface area contributed by atoms with E-state index in [1.807, 2.05) is 26.8 Å². The molecule has 7 nitrogen and oxygen atoms in total. The van der Waals surface area contributed by atoms with Crippen molar-refractivity contribution in [3.05, 3.63) is 29.8 Å². The van der Waals surface area contributed by atoms with Crippen molar-refractivity contribution >= 4 is 17.7 Å². The smallest absolute Gasteiger partial charge is 0.258 e. The third-order valence-corrected chi connectivity index (χ3v) is 4.94. The summed E-state index contributed by atoms with van der Waals surface area (Å²) in [6.45, 7) is 7.77. The third kappa shape index (κ3) is 4.07. The molecule has 0 radical (unpaired) electrons. The minimum absolute atomic E-state index is 0.111. The lowest BCUT2D eigenvalue weighted by atomic mass is 10.0. The fourth-order valence-corrected chi connectivity index (χ4v) is 3.51. The van der Waals surface area contributed by atoms with E-state index >= 15 is 0 Å². The summed E-state index contributed by atoms with van der Waals surface area (Å²) >= 11 is 0. The van der Waals surface area contributed by atoms with Crippen molar-refractivity contribution in [3.63, 3.8) is 0 Å². The molecule has 1 aromatic carbocycles. The molecule has 3 rings (SSSR count). The number of hydrogen-bond acceptors (Lipinski definition) is 4. The van der Waals surface area contributed by atoms with Crippen LogP contribution in [0.5, 0.6) is 5.75 Å². The summed E-state index contributed by atoms with van der Waals surface area (Å²) in [5.41, 5.74) is -0.796. The molecular formula is C20H27N3O4. The van der Waals surface area contributed by atoms with Crippen LogP contribution in [0.15, 0.2) is 24.3 Å². The standard InChI is InChI=1S/C20H27N3O4/c1-13(17(25)21-19(2,3)4)23-12-11-20(10-9-16(23)24)22-18(26)14-7-5-6-8-15(14)27-20/h5-8,13H,9-12H2,1-4H3,(H,21,25)(H,22,26)/t13-,20+/m1/s1. The molecule has 0 aliphatic carbocycles. The Morgan fingerprint density at radius 1 is 1.26 bits per heavy atom. The maximum Gasteiger partial charge on any atom is 0.258 e. The molecule has 0 aromatic heterocycles. The maximum absolute atomic E-state index is 12.7. The van der Waals surface area contributed by atoms with Crippen molar-refractivity contribution < 1.29 is 19.1 Å². The van der Waals surface area contributed by atoms with E-state index in [4.69, 9.17) is 4.74 Å². The van der Waals surface area contributed by atoms with Crippen LogP contribution >= 0.6 is 0 Å². The summed E-state index contributed by atoms with van der Waals surface area (Å²) in [5, 5.41) is 5.85. The van der Waals surface area contributed by atoms with Crippen LogP contribution in [-0.2, 0) is 9.59 Å². The van der Waals surface area contributed by atoms with Crippen LogP contribution in [0.4, 0.5) is 0 Å². The fraction of sp³-hybridized carbons (Fsp3) is 0.550. The topological polar surface area (TPSA) is 87.7 Å². The second-order valence-corrected chi connectivity index (χ2v) is 8.30. The van der Waals surface area contributed by atoms with Crippen molar-refractivity contribution in [2.75, 3.05) is 6.54 Å². The number of nitrogens with zero attached hydrogens (tertiary/aromatic N) is 1. The minimum Gasteiger partial charge on any atom is -0.467 e. The van der Waals surface area contributed by atoms with Crippen LogP contribution < -0.4 is 15.4 Å². The summed E-state index contributed by atoms with van der Waals surface area (Å²) in [6.07, 6.45) is 0.998. The van der Waals surface area contributed by atoms with Crippen LogP contribution in [0, 0.1) is 0 Å². The van der Waals surface area contributed by atoms with Crippen LogP contribution in [0.1, 0.15) is 57.3 Å². The average molecular weight is 373 g/mol. The molecule has 0 saturated carbocycles. The van der Waals surface area contributed by atoms with E-state index in [9.17, 15) is 14.4 Å². The number of rotatable bonds is 2. The van der Waals surface area contributed by atoms with Crippen molar-refractivity contribution in [2.45, 2.75) is 64.3 Å². The Morgan fingerprint density at radius 3 is 2.67 bits per heavy atom. The molecular weight excluding hydrogens is 346 g/mol. The van der Waals surface area contributed by atoms with E-state index in [1.54, 1.807) is 30.0 Å². The molecule has 27 heavy (non-hydrogen) atoms. The molecule has 2 atom stereocenters. The van der Waals surface area contributed by atoms with Crippen molar-refractivity contribution in [2.24, 2.45) is 0 Å². The number of nitrogens with one attached hydrogen (secondary N) is 2. The lowest BCUT2D eigenvalue weighted by molar-refractivity contribution is -0.140. The van der Waals surface area contributed by atoms with Gasteiger partial charge in [-0.1, -0.05) is 12.1 Å². The number of benzene rings is 1. The highest BCUT2D eigenvalue weighted by Gasteiger charge is 2.43. The normalized spacial score (nSPS) is 23.8. The average Bonchev–Trinajstić information content (AvgIpc) is 2.73. The highest BCUT2D eigenvalue weighted by Crippen LogP contribution is 2.34. The number of likely N-dealkylation sites (tertiary alicyclic amines) is 1. The van der Waals surface area contributed by atoms with Gasteiger partial charge in [-0.15, -0.1) is 0 Å². The van der Waals surface area contributed by atoms with Crippen molar-refractivity contribution in [1.82, 2.24) is 15.5 Å². The Kier molecular flexibility index (Phi) is 4.88. The van der Waals surface area contributed by atoms with Gasteiger partial charge in [0.1, 0.15) is 11.8 Å². The molecule has 1 fully saturated rings. The molecule has 1 spiro atoms. The second kappa shape index (κ2) is 6.87. The number of fused-ring (bicyclic) bond motifs is 1. The van der Waals surface area contributed by atoms with E-state index in [1.165, 1.54) is 0 Å². The minimum atomic E-state index is -0.921. The van der Waals surface area contributed by atoms with Crippen molar-refractivity contribution in [1.29, 1.82) is 0 Å². The largest absolute Gasteiger partial charge is 0.467 e. The number of carbonyl (C=O) groups is 3. The van der Waals surface area contributed by atoms with Crippen LogP contribution in [0.25, 0.3) is 0 Å². The zero-order valence-electron chi connectivity index (χ0n) is 16.3. The highest BCUT2D eigenvalue weighted by molar-refractivity contribution is 5.98. The van der Waals surface area contributed by atoms with Crippen LogP contribution in [-0.4, -0.2) is 46.5 Å². The monoisotopic (exact) mass is 373 g/mol. The van der Waals surface area contributed by atoms with E-state index in [0.29, 0.717) is 30.7 Å². The third-order valence-electron chi connectivity index (χ3n) is 4.94. The van der Waals surface area contributed by atoms with Crippen LogP contribution in [0.3, 0.4) is 0 Å². The molecule has 3 amide bonds. The lowest BCUT2D eigenvalue weighted by Gasteiger charge is -2.38. The molecule has 2 N–H and O–H groups in total. The van der Waals surface area contributed by atoms with E-state index in [-0.39, 0.29) is 29.7 Å². The quantitative estimate of drug-likeness (QED) is 0.828. The Morgan fingerprint density at radius 2 is 1.96 bits per heavy atom. The highest BCUT2D eigenvalue weighted by atomic mass is 16.5. The molecule has 146 valence electrons. The summed E-state index contributed by atoms with van der Waals surface area (Å²) in [6, 6.07) is 6.49. The van der Waals surface area contributed by atoms with Gasteiger partial charge in [0.15, 0.2) is 5.72 Å². The van der Waals surface area contributed by atoms with Gasteiger partial charge in [-0.05, 0) is 39.8 Å². The second-order valence-electron chi connectivity index (χ2n) is 8.30. The van der Waals surface area contributed by atoms with E-state index in [2.05, 4.69) is 10.6 Å². The van der Waals surface area contributed by atoms with Gasteiger partial charge in [0, 0.05) is 31.3 Å². The predicted octanol–water partition coefficient (Wildman–Crippen LogP) is 1.82. The Labute approximate surface area is 159 Å². The molecule has 0 unspecified atom stereocenters. The van der Waals surface area contributed by atoms with Gasteiger partial charge in [0.2, 0.25) is 11.8 Å². The van der Waals surface area contributed by atoms with Crippen LogP contribution in [0.2, 0.25) is 0 Å². The predicted molar refractivity (Wildman–Crippen MR) is 100 cm³/mol. The Hall–Kier alpha value is -2.57. The molecule has 2 aliphatic rings. The molecule has 1 saturated heterocycles.